The summed E-state index contributed by atoms with van der Waals surface area (Å²) < 4.78 is 51.0. The summed E-state index contributed by atoms with van der Waals surface area (Å²) >= 11 is 0. The molecule has 37 heavy (non-hydrogen) atoms. The number of piperidine rings is 1. The van der Waals surface area contributed by atoms with E-state index in [0.29, 0.717) is 31.2 Å². The van der Waals surface area contributed by atoms with Crippen molar-refractivity contribution in [3.05, 3.63) is 48.0 Å². The summed E-state index contributed by atoms with van der Waals surface area (Å²) in [6, 6.07) is 6.19. The number of carbonyl (C=O) groups excluding carboxylic acids is 3. The minimum atomic E-state index is -5.00. The molecule has 3 rings (SSSR count). The van der Waals surface area contributed by atoms with Crippen molar-refractivity contribution >= 4 is 18.0 Å². The molecular weight excluding hydrogens is 489 g/mol. The Kier molecular flexibility index (Phi) is 8.29. The monoisotopic (exact) mass is 524 g/mol. The highest BCUT2D eigenvalue weighted by molar-refractivity contribution is 5.89. The van der Waals surface area contributed by atoms with E-state index < -0.39 is 41.2 Å². The highest BCUT2D eigenvalue weighted by Crippen LogP contribution is 2.44. The molecule has 204 valence electrons. The van der Waals surface area contributed by atoms with E-state index in [1.807, 2.05) is 0 Å². The lowest BCUT2D eigenvalue weighted by molar-refractivity contribution is -0.188. The number of rotatable bonds is 7. The highest BCUT2D eigenvalue weighted by Gasteiger charge is 2.53. The van der Waals surface area contributed by atoms with Gasteiger partial charge in [0.15, 0.2) is 0 Å². The summed E-state index contributed by atoms with van der Waals surface area (Å²) in [5.74, 6) is -2.57. The molecule has 7 nitrogen and oxygen atoms in total. The molecule has 2 aliphatic rings. The van der Waals surface area contributed by atoms with Gasteiger partial charge in [0.25, 0.3) is 0 Å². The van der Waals surface area contributed by atoms with Gasteiger partial charge in [-0.1, -0.05) is 18.2 Å². The Balaban J connectivity index is 1.90. The lowest BCUT2D eigenvalue weighted by Crippen LogP contribution is -2.53. The summed E-state index contributed by atoms with van der Waals surface area (Å²) in [6.07, 6.45) is -2.41. The standard InChI is InChI=1S/C27H35F3N2O5/c1-6-19-15-21(19)32(23(34)27(28,29)30)17-26(16-18-8-7-9-20(14-18)22(33)36-5)10-12-31(13-11-26)24(35)37-25(2,3)4/h6-9,14,19,21H,1,10-13,15-17H2,2-5H3/t19?,21-/m1/s1. The van der Waals surface area contributed by atoms with Gasteiger partial charge in [-0.2, -0.15) is 13.2 Å². The van der Waals surface area contributed by atoms with Gasteiger partial charge in [0.05, 0.1) is 12.7 Å². The first-order valence-corrected chi connectivity index (χ1v) is 12.3. The normalized spacial score (nSPS) is 21.1. The van der Waals surface area contributed by atoms with Crippen LogP contribution in [0.5, 0.6) is 0 Å². The molecule has 1 aromatic rings. The lowest BCUT2D eigenvalue weighted by atomic mass is 9.73. The van der Waals surface area contributed by atoms with Crippen molar-refractivity contribution in [3.63, 3.8) is 0 Å². The largest absolute Gasteiger partial charge is 0.471 e. The Morgan fingerprint density at radius 2 is 1.84 bits per heavy atom. The van der Waals surface area contributed by atoms with Crippen LogP contribution in [-0.4, -0.2) is 72.3 Å². The van der Waals surface area contributed by atoms with Crippen LogP contribution < -0.4 is 0 Å². The summed E-state index contributed by atoms with van der Waals surface area (Å²) in [5.41, 5.74) is -0.355. The second kappa shape index (κ2) is 10.8. The molecule has 2 amide bonds. The summed E-state index contributed by atoms with van der Waals surface area (Å²) in [6.45, 7) is 9.40. The molecule has 1 aromatic carbocycles. The van der Waals surface area contributed by atoms with Gasteiger partial charge >= 0.3 is 24.1 Å². The lowest BCUT2D eigenvalue weighted by Gasteiger charge is -2.45. The SMILES string of the molecule is C=CC1C[C@H]1N(CC1(Cc2cccc(C(=O)OC)c2)CCN(C(=O)OC(C)(C)C)CC1)C(=O)C(F)(F)F. The molecule has 2 fully saturated rings. The molecule has 0 radical (unpaired) electrons. The Bertz CT molecular complexity index is 1030. The van der Waals surface area contributed by atoms with E-state index in [1.165, 1.54) is 7.11 Å². The molecule has 1 saturated carbocycles. The third-order valence-corrected chi connectivity index (χ3v) is 6.92. The second-order valence-corrected chi connectivity index (χ2v) is 11.0. The van der Waals surface area contributed by atoms with Crippen molar-refractivity contribution in [2.75, 3.05) is 26.7 Å². The van der Waals surface area contributed by atoms with Gasteiger partial charge < -0.3 is 19.3 Å². The number of carbonyl (C=O) groups is 3. The topological polar surface area (TPSA) is 76.2 Å². The van der Waals surface area contributed by atoms with E-state index in [1.54, 1.807) is 56.0 Å². The van der Waals surface area contributed by atoms with Crippen LogP contribution in [0.3, 0.4) is 0 Å². The van der Waals surface area contributed by atoms with Crippen molar-refractivity contribution in [1.82, 2.24) is 9.80 Å². The van der Waals surface area contributed by atoms with Crippen LogP contribution in [0.4, 0.5) is 18.0 Å². The van der Waals surface area contributed by atoms with Crippen LogP contribution >= 0.6 is 0 Å². The first-order valence-electron chi connectivity index (χ1n) is 12.3. The maximum Gasteiger partial charge on any atom is 0.471 e. The molecular formula is C27H35F3N2O5. The number of halogens is 3. The molecule has 0 bridgehead atoms. The predicted molar refractivity (Wildman–Crippen MR) is 131 cm³/mol. The third-order valence-electron chi connectivity index (χ3n) is 6.92. The average molecular weight is 525 g/mol. The van der Waals surface area contributed by atoms with Crippen molar-refractivity contribution in [2.24, 2.45) is 11.3 Å². The minimum absolute atomic E-state index is 0.120. The van der Waals surface area contributed by atoms with Gasteiger partial charge in [0.1, 0.15) is 5.60 Å². The zero-order valence-electron chi connectivity index (χ0n) is 21.8. The smallest absolute Gasteiger partial charge is 0.465 e. The van der Waals surface area contributed by atoms with E-state index >= 15 is 0 Å². The molecule has 1 aliphatic carbocycles. The van der Waals surface area contributed by atoms with Crippen LogP contribution in [0.25, 0.3) is 0 Å². The maximum absolute atomic E-state index is 13.6. The molecule has 1 saturated heterocycles. The fourth-order valence-corrected chi connectivity index (χ4v) is 4.92. The number of alkyl halides is 3. The van der Waals surface area contributed by atoms with Gasteiger partial charge in [0, 0.05) is 25.7 Å². The van der Waals surface area contributed by atoms with Crippen LogP contribution in [-0.2, 0) is 20.7 Å². The zero-order chi connectivity index (χ0) is 27.6. The molecule has 10 heteroatoms. The van der Waals surface area contributed by atoms with Crippen molar-refractivity contribution < 1.29 is 37.0 Å². The number of hydrogen-bond acceptors (Lipinski definition) is 5. The number of likely N-dealkylation sites (tertiary alicyclic amines) is 1. The van der Waals surface area contributed by atoms with Crippen LogP contribution in [0.1, 0.15) is 56.0 Å². The third kappa shape index (κ3) is 7.26. The molecule has 0 aromatic heterocycles. The van der Waals surface area contributed by atoms with Crippen molar-refractivity contribution in [3.8, 4) is 0 Å². The number of benzene rings is 1. The van der Waals surface area contributed by atoms with Crippen LogP contribution in [0, 0.1) is 11.3 Å². The van der Waals surface area contributed by atoms with E-state index in [9.17, 15) is 27.6 Å². The number of nitrogens with zero attached hydrogens (tertiary/aromatic N) is 2. The van der Waals surface area contributed by atoms with E-state index in [2.05, 4.69) is 6.58 Å². The Morgan fingerprint density at radius 3 is 2.35 bits per heavy atom. The maximum atomic E-state index is 13.6. The number of esters is 1. The molecule has 1 aliphatic heterocycles. The molecule has 1 unspecified atom stereocenters. The van der Waals surface area contributed by atoms with Crippen molar-refractivity contribution in [2.45, 2.75) is 64.3 Å². The van der Waals surface area contributed by atoms with Crippen LogP contribution in [0.15, 0.2) is 36.9 Å². The number of amides is 2. The quantitative estimate of drug-likeness (QED) is 0.371. The molecule has 0 N–H and O–H groups in total. The van der Waals surface area contributed by atoms with Crippen molar-refractivity contribution in [1.29, 1.82) is 0 Å². The van der Waals surface area contributed by atoms with Gasteiger partial charge in [-0.05, 0) is 75.5 Å². The number of ether oxygens (including phenoxy) is 2. The summed E-state index contributed by atoms with van der Waals surface area (Å²) in [5, 5.41) is 0. The first-order chi connectivity index (χ1) is 17.2. The molecule has 1 heterocycles. The highest BCUT2D eigenvalue weighted by atomic mass is 19.4. The van der Waals surface area contributed by atoms with E-state index in [4.69, 9.17) is 9.47 Å². The fourth-order valence-electron chi connectivity index (χ4n) is 4.92. The Labute approximate surface area is 215 Å². The number of hydrogen-bond donors (Lipinski definition) is 0. The summed E-state index contributed by atoms with van der Waals surface area (Å²) in [4.78, 5) is 39.7. The average Bonchev–Trinajstić information content (AvgIpc) is 3.60. The Morgan fingerprint density at radius 1 is 1.19 bits per heavy atom. The Hall–Kier alpha value is -3.04. The van der Waals surface area contributed by atoms with E-state index in [0.717, 1.165) is 10.5 Å². The number of methoxy groups -OCH3 is 1. The van der Waals surface area contributed by atoms with Gasteiger partial charge in [-0.15, -0.1) is 6.58 Å². The van der Waals surface area contributed by atoms with Gasteiger partial charge in [-0.3, -0.25) is 4.79 Å². The second-order valence-electron chi connectivity index (χ2n) is 11.0. The zero-order valence-corrected chi connectivity index (χ0v) is 21.8. The van der Waals surface area contributed by atoms with Gasteiger partial charge in [-0.25, -0.2) is 9.59 Å². The van der Waals surface area contributed by atoms with Gasteiger partial charge in [0.2, 0.25) is 0 Å². The first kappa shape index (κ1) is 28.5. The van der Waals surface area contributed by atoms with E-state index in [-0.39, 0.29) is 25.6 Å². The predicted octanol–water partition coefficient (Wildman–Crippen LogP) is 5.00. The fraction of sp³-hybridized carbons (Fsp3) is 0.593. The van der Waals surface area contributed by atoms with Crippen LogP contribution in [0.2, 0.25) is 0 Å². The molecule has 0 spiro atoms. The molecule has 2 atom stereocenters. The minimum Gasteiger partial charge on any atom is -0.465 e. The summed E-state index contributed by atoms with van der Waals surface area (Å²) in [7, 11) is 1.27.